The summed E-state index contributed by atoms with van der Waals surface area (Å²) in [5, 5.41) is 2.81. The summed E-state index contributed by atoms with van der Waals surface area (Å²) in [5.41, 5.74) is 6.64. The van der Waals surface area contributed by atoms with Gasteiger partial charge in [-0.15, -0.1) is 0 Å². The Labute approximate surface area is 220 Å². The molecule has 3 aromatic heterocycles. The number of amidine groups is 1. The Morgan fingerprint density at radius 2 is 1.97 bits per heavy atom. The summed E-state index contributed by atoms with van der Waals surface area (Å²) in [6.45, 7) is 0.182. The zero-order valence-corrected chi connectivity index (χ0v) is 20.4. The molecule has 0 aliphatic carbocycles. The normalized spacial score (nSPS) is 17.3. The molecule has 1 atom stereocenters. The van der Waals surface area contributed by atoms with Crippen LogP contribution in [0.1, 0.15) is 28.0 Å². The highest BCUT2D eigenvalue weighted by Crippen LogP contribution is 2.53. The number of ether oxygens (including phenoxy) is 3. The molecule has 5 heterocycles. The highest BCUT2D eigenvalue weighted by molar-refractivity contribution is 6.03. The maximum Gasteiger partial charge on any atom is 0.283 e. The minimum absolute atomic E-state index is 0.0943. The average molecular weight is 530 g/mol. The van der Waals surface area contributed by atoms with Gasteiger partial charge in [-0.3, -0.25) is 9.78 Å². The molecule has 0 fully saturated rings. The smallest absolute Gasteiger partial charge is 0.283 e. The van der Waals surface area contributed by atoms with Gasteiger partial charge in [0.25, 0.3) is 17.9 Å². The van der Waals surface area contributed by atoms with Crippen molar-refractivity contribution < 1.29 is 27.8 Å². The van der Waals surface area contributed by atoms with Crippen molar-refractivity contribution in [2.75, 3.05) is 19.0 Å². The van der Waals surface area contributed by atoms with Crippen molar-refractivity contribution >= 4 is 17.6 Å². The molecule has 0 saturated heterocycles. The molecule has 1 aromatic carbocycles. The van der Waals surface area contributed by atoms with Crippen LogP contribution in [0.5, 0.6) is 17.2 Å². The number of hydrogen-bond acceptors (Lipinski definition) is 9. The van der Waals surface area contributed by atoms with Crippen molar-refractivity contribution in [1.82, 2.24) is 15.0 Å². The highest BCUT2D eigenvalue weighted by Gasteiger charge is 2.46. The first-order valence-corrected chi connectivity index (χ1v) is 11.8. The zero-order chi connectivity index (χ0) is 27.1. The number of carbonyl (C=O) groups is 1. The first-order chi connectivity index (χ1) is 18.9. The molecule has 3 N–H and O–H groups in total. The number of nitrogens with zero attached hydrogens (tertiary/aromatic N) is 4. The van der Waals surface area contributed by atoms with Gasteiger partial charge in [0, 0.05) is 35.0 Å². The predicted molar refractivity (Wildman–Crippen MR) is 136 cm³/mol. The molecule has 1 amide bonds. The van der Waals surface area contributed by atoms with Crippen molar-refractivity contribution in [2.24, 2.45) is 10.7 Å². The number of pyridine rings is 3. The van der Waals surface area contributed by atoms with Gasteiger partial charge in [-0.1, -0.05) is 0 Å². The van der Waals surface area contributed by atoms with Crippen LogP contribution in [-0.4, -0.2) is 40.6 Å². The van der Waals surface area contributed by atoms with Crippen molar-refractivity contribution in [3.63, 3.8) is 0 Å². The summed E-state index contributed by atoms with van der Waals surface area (Å²) < 4.78 is 45.7. The number of benzene rings is 1. The number of halogens is 2. The van der Waals surface area contributed by atoms with Crippen molar-refractivity contribution in [3.05, 3.63) is 89.6 Å². The molecule has 0 bridgehead atoms. The first kappa shape index (κ1) is 24.2. The van der Waals surface area contributed by atoms with Crippen LogP contribution >= 0.6 is 0 Å². The topological polar surface area (TPSA) is 134 Å². The molecular formula is C27H20F2N6O4. The molecule has 1 spiro atoms. The molecule has 0 saturated carbocycles. The van der Waals surface area contributed by atoms with E-state index in [1.54, 1.807) is 30.3 Å². The number of hydrogen-bond donors (Lipinski definition) is 2. The monoisotopic (exact) mass is 530 g/mol. The maximum absolute atomic E-state index is 15.4. The van der Waals surface area contributed by atoms with Crippen LogP contribution < -0.4 is 20.5 Å². The molecule has 6 rings (SSSR count). The van der Waals surface area contributed by atoms with Gasteiger partial charge in [0.05, 0.1) is 31.8 Å². The van der Waals surface area contributed by atoms with Crippen LogP contribution in [0.4, 0.5) is 14.5 Å². The van der Waals surface area contributed by atoms with Crippen molar-refractivity contribution in [2.45, 2.75) is 12.0 Å². The fourth-order valence-electron chi connectivity index (χ4n) is 4.68. The van der Waals surface area contributed by atoms with Gasteiger partial charge in [0.15, 0.2) is 5.75 Å². The van der Waals surface area contributed by atoms with Gasteiger partial charge >= 0.3 is 0 Å². The number of nitrogens with two attached hydrogens (primary N) is 1. The van der Waals surface area contributed by atoms with E-state index in [1.807, 2.05) is 0 Å². The third-order valence-corrected chi connectivity index (χ3v) is 6.49. The molecule has 12 heteroatoms. The Balaban J connectivity index is 1.45. The van der Waals surface area contributed by atoms with Crippen LogP contribution in [-0.2, 0) is 10.3 Å². The first-order valence-electron chi connectivity index (χ1n) is 11.8. The van der Waals surface area contributed by atoms with Crippen LogP contribution in [0.25, 0.3) is 11.3 Å². The summed E-state index contributed by atoms with van der Waals surface area (Å²) in [6, 6.07) is 10.7. The lowest BCUT2D eigenvalue weighted by atomic mass is 9.77. The van der Waals surface area contributed by atoms with E-state index in [2.05, 4.69) is 25.3 Å². The molecule has 2 aliphatic heterocycles. The fourth-order valence-corrected chi connectivity index (χ4v) is 4.68. The minimum atomic E-state index is -1.23. The van der Waals surface area contributed by atoms with Crippen LogP contribution in [0.15, 0.2) is 66.0 Å². The molecule has 0 unspecified atom stereocenters. The second kappa shape index (κ2) is 9.31. The maximum atomic E-state index is 15.4. The number of aromatic nitrogens is 3. The molecule has 2 aliphatic rings. The van der Waals surface area contributed by atoms with Gasteiger partial charge in [-0.2, -0.15) is 4.39 Å². The standard InChI is InChI=1S/C27H20F2N6O4/c1-37-17-3-4-20(32-13-17)25(36)33-16-2-5-22-18(9-16)27(6-7-38-26(30)35-27)19-10-21(34-24(29)23(19)39-22)14-8-15(28)12-31-11-14/h2-5,8-13H,6-7H2,1H3,(H2,30,35)(H,33,36)/t27-/m0/s1. The van der Waals surface area contributed by atoms with Crippen molar-refractivity contribution in [1.29, 1.82) is 0 Å². The second-order valence-corrected chi connectivity index (χ2v) is 8.83. The van der Waals surface area contributed by atoms with E-state index in [4.69, 9.17) is 19.9 Å². The number of methoxy groups -OCH3 is 1. The Bertz CT molecular complexity index is 1650. The SMILES string of the molecule is COc1ccc(C(=O)Nc2ccc3c(c2)[C@@]2(CCOC(N)=N2)c2cc(-c4cncc(F)c4)nc(F)c2O3)nc1. The van der Waals surface area contributed by atoms with Gasteiger partial charge in [0.1, 0.15) is 28.5 Å². The molecule has 0 radical (unpaired) electrons. The van der Waals surface area contributed by atoms with E-state index in [-0.39, 0.29) is 41.8 Å². The van der Waals surface area contributed by atoms with Crippen LogP contribution in [0.3, 0.4) is 0 Å². The van der Waals surface area contributed by atoms with Crippen molar-refractivity contribution in [3.8, 4) is 28.5 Å². The van der Waals surface area contributed by atoms with Crippen LogP contribution in [0, 0.1) is 11.8 Å². The van der Waals surface area contributed by atoms with E-state index >= 15 is 4.39 Å². The summed E-state index contributed by atoms with van der Waals surface area (Å²) >= 11 is 0. The van der Waals surface area contributed by atoms with E-state index in [0.717, 1.165) is 6.20 Å². The Hall–Kier alpha value is -5.13. The van der Waals surface area contributed by atoms with Gasteiger partial charge in [-0.25, -0.2) is 19.4 Å². The molecule has 4 aromatic rings. The third kappa shape index (κ3) is 4.25. The summed E-state index contributed by atoms with van der Waals surface area (Å²) in [7, 11) is 1.51. The largest absolute Gasteiger partial charge is 0.495 e. The lowest BCUT2D eigenvalue weighted by molar-refractivity contribution is 0.102. The average Bonchev–Trinajstić information content (AvgIpc) is 2.94. The molecule has 10 nitrogen and oxygen atoms in total. The number of carbonyl (C=O) groups excluding carboxylic acids is 1. The summed E-state index contributed by atoms with van der Waals surface area (Å²) in [6.07, 6.45) is 4.14. The fraction of sp³-hybridized carbons (Fsp3) is 0.148. The lowest BCUT2D eigenvalue weighted by Gasteiger charge is -2.39. The number of rotatable bonds is 4. The number of fused-ring (bicyclic) bond motifs is 4. The highest BCUT2D eigenvalue weighted by atomic mass is 19.1. The minimum Gasteiger partial charge on any atom is -0.495 e. The molecular weight excluding hydrogens is 510 g/mol. The quantitative estimate of drug-likeness (QED) is 0.376. The van der Waals surface area contributed by atoms with Gasteiger partial charge in [0.2, 0.25) is 0 Å². The molecule has 39 heavy (non-hydrogen) atoms. The lowest BCUT2D eigenvalue weighted by Crippen LogP contribution is -2.39. The zero-order valence-electron chi connectivity index (χ0n) is 20.4. The number of anilines is 1. The summed E-state index contributed by atoms with van der Waals surface area (Å²) in [4.78, 5) is 29.4. The van der Waals surface area contributed by atoms with E-state index in [9.17, 15) is 9.18 Å². The number of nitrogens with one attached hydrogen (secondary N) is 1. The number of aliphatic imine (C=N–C) groups is 1. The van der Waals surface area contributed by atoms with Crippen LogP contribution in [0.2, 0.25) is 0 Å². The Kier molecular flexibility index (Phi) is 5.78. The number of amides is 1. The third-order valence-electron chi connectivity index (χ3n) is 6.49. The van der Waals surface area contributed by atoms with E-state index < -0.39 is 23.2 Å². The summed E-state index contributed by atoms with van der Waals surface area (Å²) in [5.74, 6) is -1.25. The van der Waals surface area contributed by atoms with E-state index in [1.165, 1.54) is 31.6 Å². The Morgan fingerprint density at radius 1 is 1.10 bits per heavy atom. The van der Waals surface area contributed by atoms with E-state index in [0.29, 0.717) is 28.3 Å². The second-order valence-electron chi connectivity index (χ2n) is 8.83. The molecule has 196 valence electrons. The van der Waals surface area contributed by atoms with Gasteiger partial charge in [-0.05, 0) is 42.5 Å². The Morgan fingerprint density at radius 3 is 2.72 bits per heavy atom. The predicted octanol–water partition coefficient (Wildman–Crippen LogP) is 4.16. The van der Waals surface area contributed by atoms with Gasteiger partial charge < -0.3 is 25.3 Å².